The maximum Gasteiger partial charge on any atom is 0.220 e. The van der Waals surface area contributed by atoms with Crippen LogP contribution in [0.25, 0.3) is 0 Å². The molecule has 0 saturated carbocycles. The molecule has 1 amide bonds. The van der Waals surface area contributed by atoms with E-state index in [4.69, 9.17) is 10.2 Å². The normalized spacial score (nSPS) is 25.6. The number of piperidine rings is 1. The minimum absolute atomic E-state index is 0.0853. The molecular formula is C12H19N2O2+. The summed E-state index contributed by atoms with van der Waals surface area (Å²) in [6.07, 6.45) is 1.81. The van der Waals surface area contributed by atoms with Gasteiger partial charge in [-0.2, -0.15) is 0 Å². The van der Waals surface area contributed by atoms with Crippen molar-refractivity contribution in [2.45, 2.75) is 26.3 Å². The Morgan fingerprint density at radius 3 is 2.69 bits per heavy atom. The summed E-state index contributed by atoms with van der Waals surface area (Å²) in [7, 11) is 0. The Kier molecular flexibility index (Phi) is 3.29. The number of nitrogens with one attached hydrogen (secondary N) is 1. The number of furan rings is 1. The third-order valence-corrected chi connectivity index (χ3v) is 3.32. The summed E-state index contributed by atoms with van der Waals surface area (Å²) in [4.78, 5) is 12.5. The second-order valence-corrected chi connectivity index (χ2v) is 4.62. The van der Waals surface area contributed by atoms with Gasteiger partial charge in [0.2, 0.25) is 5.91 Å². The van der Waals surface area contributed by atoms with Crippen molar-refractivity contribution >= 4 is 5.91 Å². The van der Waals surface area contributed by atoms with E-state index in [0.29, 0.717) is 0 Å². The van der Waals surface area contributed by atoms with E-state index in [2.05, 4.69) is 0 Å². The summed E-state index contributed by atoms with van der Waals surface area (Å²) >= 11 is 0. The van der Waals surface area contributed by atoms with E-state index in [1.165, 1.54) is 4.90 Å². The fourth-order valence-corrected chi connectivity index (χ4v) is 2.31. The molecule has 1 fully saturated rings. The molecule has 0 radical (unpaired) electrons. The van der Waals surface area contributed by atoms with Gasteiger partial charge in [-0.3, -0.25) is 4.79 Å². The van der Waals surface area contributed by atoms with Crippen molar-refractivity contribution in [1.82, 2.24) is 0 Å². The molecule has 2 heterocycles. The lowest BCUT2D eigenvalue weighted by atomic mass is 9.96. The predicted octanol–water partition coefficient (Wildman–Crippen LogP) is -0.132. The van der Waals surface area contributed by atoms with Crippen molar-refractivity contribution in [2.75, 3.05) is 13.1 Å². The molecule has 1 aliphatic heterocycles. The Hall–Kier alpha value is -1.29. The van der Waals surface area contributed by atoms with E-state index in [1.54, 1.807) is 0 Å². The summed E-state index contributed by atoms with van der Waals surface area (Å²) in [6.45, 7) is 4.89. The molecule has 4 nitrogen and oxygen atoms in total. The van der Waals surface area contributed by atoms with Gasteiger partial charge in [0.15, 0.2) is 5.76 Å². The van der Waals surface area contributed by atoms with Crippen LogP contribution in [0.4, 0.5) is 0 Å². The summed E-state index contributed by atoms with van der Waals surface area (Å²) in [5, 5.41) is 0. The van der Waals surface area contributed by atoms with E-state index in [1.807, 2.05) is 19.1 Å². The maximum absolute atomic E-state index is 11.0. The van der Waals surface area contributed by atoms with Crippen LogP contribution < -0.4 is 10.6 Å². The first-order valence-corrected chi connectivity index (χ1v) is 5.83. The Morgan fingerprint density at radius 1 is 1.50 bits per heavy atom. The second kappa shape index (κ2) is 4.70. The number of quaternary nitrogens is 1. The molecule has 0 unspecified atom stereocenters. The number of carbonyl (C=O) groups is 1. The molecule has 16 heavy (non-hydrogen) atoms. The molecule has 0 aromatic carbocycles. The Balaban J connectivity index is 1.83. The molecule has 1 aliphatic rings. The molecule has 1 saturated heterocycles. The number of amides is 1. The highest BCUT2D eigenvalue weighted by Gasteiger charge is 2.26. The number of hydrogen-bond acceptors (Lipinski definition) is 2. The van der Waals surface area contributed by atoms with Crippen LogP contribution in [0.5, 0.6) is 0 Å². The lowest BCUT2D eigenvalue weighted by Gasteiger charge is -2.26. The van der Waals surface area contributed by atoms with Crippen molar-refractivity contribution in [1.29, 1.82) is 0 Å². The van der Waals surface area contributed by atoms with E-state index in [0.717, 1.165) is 44.0 Å². The zero-order chi connectivity index (χ0) is 11.5. The Bertz CT molecular complexity index is 365. The lowest BCUT2D eigenvalue weighted by molar-refractivity contribution is -0.920. The summed E-state index contributed by atoms with van der Waals surface area (Å²) < 4.78 is 5.55. The van der Waals surface area contributed by atoms with E-state index < -0.39 is 0 Å². The molecule has 0 aliphatic carbocycles. The second-order valence-electron chi connectivity index (χ2n) is 4.62. The van der Waals surface area contributed by atoms with Crippen LogP contribution in [0.1, 0.15) is 24.4 Å². The molecule has 3 N–H and O–H groups in total. The van der Waals surface area contributed by atoms with Crippen molar-refractivity contribution < 1.29 is 14.1 Å². The molecule has 0 atom stereocenters. The van der Waals surface area contributed by atoms with Gasteiger partial charge in [0, 0.05) is 18.8 Å². The van der Waals surface area contributed by atoms with Gasteiger partial charge in [0.1, 0.15) is 12.3 Å². The van der Waals surface area contributed by atoms with E-state index in [-0.39, 0.29) is 11.8 Å². The van der Waals surface area contributed by atoms with Crippen LogP contribution in [-0.2, 0) is 11.3 Å². The molecule has 0 spiro atoms. The predicted molar refractivity (Wildman–Crippen MR) is 59.8 cm³/mol. The molecular weight excluding hydrogens is 204 g/mol. The monoisotopic (exact) mass is 223 g/mol. The van der Waals surface area contributed by atoms with Gasteiger partial charge in [-0.1, -0.05) is 0 Å². The average molecular weight is 223 g/mol. The number of primary amides is 1. The third-order valence-electron chi connectivity index (χ3n) is 3.32. The largest absolute Gasteiger partial charge is 0.460 e. The minimum Gasteiger partial charge on any atom is -0.460 e. The number of carbonyl (C=O) groups excluding carboxylic acids is 1. The first kappa shape index (κ1) is 11.2. The molecule has 4 heteroatoms. The first-order valence-electron chi connectivity index (χ1n) is 5.83. The third kappa shape index (κ3) is 2.64. The van der Waals surface area contributed by atoms with Gasteiger partial charge in [0.25, 0.3) is 0 Å². The van der Waals surface area contributed by atoms with Gasteiger partial charge in [0.05, 0.1) is 13.1 Å². The fourth-order valence-electron chi connectivity index (χ4n) is 2.31. The molecule has 1 aromatic rings. The van der Waals surface area contributed by atoms with E-state index in [9.17, 15) is 4.79 Å². The van der Waals surface area contributed by atoms with Gasteiger partial charge in [-0.25, -0.2) is 0 Å². The van der Waals surface area contributed by atoms with Crippen molar-refractivity contribution in [2.24, 2.45) is 11.7 Å². The van der Waals surface area contributed by atoms with Crippen molar-refractivity contribution in [3.05, 3.63) is 23.7 Å². The van der Waals surface area contributed by atoms with Crippen LogP contribution in [0, 0.1) is 12.8 Å². The van der Waals surface area contributed by atoms with Crippen molar-refractivity contribution in [3.63, 3.8) is 0 Å². The minimum atomic E-state index is -0.145. The number of hydrogen-bond donors (Lipinski definition) is 2. The van der Waals surface area contributed by atoms with Crippen LogP contribution in [0.2, 0.25) is 0 Å². The highest BCUT2D eigenvalue weighted by Crippen LogP contribution is 2.09. The highest BCUT2D eigenvalue weighted by molar-refractivity contribution is 5.76. The highest BCUT2D eigenvalue weighted by atomic mass is 16.3. The van der Waals surface area contributed by atoms with Gasteiger partial charge in [-0.05, 0) is 19.1 Å². The molecule has 1 aromatic heterocycles. The first-order chi connectivity index (χ1) is 7.65. The lowest BCUT2D eigenvalue weighted by Crippen LogP contribution is -3.11. The summed E-state index contributed by atoms with van der Waals surface area (Å²) in [5.74, 6) is 1.93. The average Bonchev–Trinajstić information content (AvgIpc) is 2.65. The summed E-state index contributed by atoms with van der Waals surface area (Å²) in [5.41, 5.74) is 5.30. The zero-order valence-corrected chi connectivity index (χ0v) is 9.66. The SMILES string of the molecule is Cc1ccc(C[NH+]2CCC(C(N)=O)CC2)o1. The molecule has 0 bridgehead atoms. The Morgan fingerprint density at radius 2 is 2.19 bits per heavy atom. The topological polar surface area (TPSA) is 60.7 Å². The quantitative estimate of drug-likeness (QED) is 0.750. The maximum atomic E-state index is 11.0. The number of rotatable bonds is 3. The van der Waals surface area contributed by atoms with Crippen LogP contribution in [0.3, 0.4) is 0 Å². The van der Waals surface area contributed by atoms with Crippen LogP contribution in [0.15, 0.2) is 16.5 Å². The van der Waals surface area contributed by atoms with Crippen LogP contribution in [-0.4, -0.2) is 19.0 Å². The number of likely N-dealkylation sites (tertiary alicyclic amines) is 1. The zero-order valence-electron chi connectivity index (χ0n) is 9.66. The summed E-state index contributed by atoms with van der Waals surface area (Å²) in [6, 6.07) is 4.02. The van der Waals surface area contributed by atoms with Crippen LogP contribution >= 0.6 is 0 Å². The van der Waals surface area contributed by atoms with E-state index >= 15 is 0 Å². The fraction of sp³-hybridized carbons (Fsp3) is 0.583. The molecule has 2 rings (SSSR count). The van der Waals surface area contributed by atoms with Gasteiger partial charge in [-0.15, -0.1) is 0 Å². The smallest absolute Gasteiger partial charge is 0.220 e. The standard InChI is InChI=1S/C12H18N2O2/c1-9-2-3-11(16-9)8-14-6-4-10(5-7-14)12(13)15/h2-3,10H,4-8H2,1H3,(H2,13,15)/p+1. The van der Waals surface area contributed by atoms with Gasteiger partial charge < -0.3 is 15.1 Å². The Labute approximate surface area is 95.4 Å². The number of nitrogens with two attached hydrogens (primary N) is 1. The van der Waals surface area contributed by atoms with Gasteiger partial charge >= 0.3 is 0 Å². The molecule has 88 valence electrons. The van der Waals surface area contributed by atoms with Crippen molar-refractivity contribution in [3.8, 4) is 0 Å². The number of aryl methyl sites for hydroxylation is 1.